The molecule has 42 heavy (non-hydrogen) atoms. The number of hydrogen-bond acceptors (Lipinski definition) is 8. The molecule has 1 aromatic heterocycles. The van der Waals surface area contributed by atoms with Crippen molar-refractivity contribution in [3.63, 3.8) is 0 Å². The number of ether oxygens (including phenoxy) is 1. The molecule has 0 unspecified atom stereocenters. The van der Waals surface area contributed by atoms with Gasteiger partial charge in [0, 0.05) is 40.5 Å². The zero-order valence-electron chi connectivity index (χ0n) is 22.6. The predicted octanol–water partition coefficient (Wildman–Crippen LogP) is 4.32. The molecular weight excluding hydrogens is 560 g/mol. The summed E-state index contributed by atoms with van der Waals surface area (Å²) in [5.41, 5.74) is 4.12. The quantitative estimate of drug-likeness (QED) is 0.0705. The van der Waals surface area contributed by atoms with E-state index in [1.54, 1.807) is 60.8 Å². The molecule has 2 bridgehead atoms. The Bertz CT molecular complexity index is 1570. The number of nitrogens with two attached hydrogens (primary N) is 2. The minimum Gasteiger partial charge on any atom is -0.453 e. The van der Waals surface area contributed by atoms with Crippen molar-refractivity contribution in [2.45, 2.75) is 18.9 Å². The number of methoxy groups -OCH3 is 1. The van der Waals surface area contributed by atoms with Crippen molar-refractivity contribution in [3.8, 4) is 11.1 Å². The smallest absolute Gasteiger partial charge is 0.411 e. The molecule has 7 N–H and O–H groups in total. The largest absolute Gasteiger partial charge is 0.453 e. The number of nitrogens with zero attached hydrogens (tertiary/aromatic N) is 3. The van der Waals surface area contributed by atoms with E-state index in [1.807, 2.05) is 12.1 Å². The number of hydrogen-bond donors (Lipinski definition) is 5. The summed E-state index contributed by atoms with van der Waals surface area (Å²) in [5, 5.41) is 13.6. The number of hydrazine groups is 1. The minimum atomic E-state index is -0.632. The number of nitrogens with one attached hydrogen (secondary N) is 3. The lowest BCUT2D eigenvalue weighted by atomic mass is 9.99. The van der Waals surface area contributed by atoms with Crippen molar-refractivity contribution < 1.29 is 19.1 Å². The Balaban J connectivity index is 1.63. The van der Waals surface area contributed by atoms with Crippen LogP contribution in [0.1, 0.15) is 30.1 Å². The molecule has 0 aliphatic carbocycles. The Kier molecular flexibility index (Phi) is 9.87. The van der Waals surface area contributed by atoms with Gasteiger partial charge in [0.15, 0.2) is 0 Å². The van der Waals surface area contributed by atoms with E-state index in [0.717, 1.165) is 5.56 Å². The van der Waals surface area contributed by atoms with Crippen LogP contribution >= 0.6 is 11.6 Å². The predicted molar refractivity (Wildman–Crippen MR) is 163 cm³/mol. The van der Waals surface area contributed by atoms with Gasteiger partial charge in [0.25, 0.3) is 0 Å². The molecule has 4 rings (SSSR count). The Morgan fingerprint density at radius 3 is 2.81 bits per heavy atom. The van der Waals surface area contributed by atoms with Gasteiger partial charge in [-0.1, -0.05) is 29.8 Å². The highest BCUT2D eigenvalue weighted by atomic mass is 35.5. The third-order valence-corrected chi connectivity index (χ3v) is 6.44. The van der Waals surface area contributed by atoms with Crippen LogP contribution in [0.2, 0.25) is 5.02 Å². The highest BCUT2D eigenvalue weighted by molar-refractivity contribution is 6.30. The highest BCUT2D eigenvalue weighted by Crippen LogP contribution is 2.33. The zero-order valence-corrected chi connectivity index (χ0v) is 23.3. The van der Waals surface area contributed by atoms with Crippen LogP contribution in [0.15, 0.2) is 78.1 Å². The van der Waals surface area contributed by atoms with Gasteiger partial charge in [-0.15, -0.1) is 0 Å². The molecule has 2 heterocycles. The molecule has 2 aromatic carbocycles. The number of pyridine rings is 1. The summed E-state index contributed by atoms with van der Waals surface area (Å²) >= 11 is 6.16. The summed E-state index contributed by atoms with van der Waals surface area (Å²) in [6, 6.07) is 13.3. The number of amides is 3. The average Bonchev–Trinajstić information content (AvgIpc) is 2.97. The third-order valence-electron chi connectivity index (χ3n) is 6.21. The summed E-state index contributed by atoms with van der Waals surface area (Å²) in [6.45, 7) is 0. The summed E-state index contributed by atoms with van der Waals surface area (Å²) < 4.78 is 4.67. The van der Waals surface area contributed by atoms with E-state index < -0.39 is 12.1 Å². The standard InChI is InChI=1S/C29H29ClN8O4/c1-42-29(41)35-21-8-9-22-18-12-13-33-25(15-18)23(4-2-3-5-27(39)37-24(22)16-21)36-28(40)11-6-19-14-20(30)7-10-26(19)38(32)17-34-31/h2-3,6-17,23H,4-5,31-32H2,1H3,(H,35,41)(H,36,40)(H,37,39)/b3-2+,11-6+,34-17-/t23-/m0/s1. The molecule has 3 aromatic rings. The molecule has 3 amide bonds. The average molecular weight is 589 g/mol. The number of hydrazone groups is 1. The lowest BCUT2D eigenvalue weighted by Gasteiger charge is -2.19. The van der Waals surface area contributed by atoms with Crippen LogP contribution < -0.4 is 32.6 Å². The van der Waals surface area contributed by atoms with Crippen molar-refractivity contribution in [2.24, 2.45) is 16.8 Å². The van der Waals surface area contributed by atoms with E-state index in [1.165, 1.54) is 24.5 Å². The number of anilines is 3. The van der Waals surface area contributed by atoms with Crippen LogP contribution in [0, 0.1) is 0 Å². The first-order valence-corrected chi connectivity index (χ1v) is 13.1. The maximum absolute atomic E-state index is 13.1. The number of aromatic nitrogens is 1. The van der Waals surface area contributed by atoms with Crippen LogP contribution in [0.5, 0.6) is 0 Å². The summed E-state index contributed by atoms with van der Waals surface area (Å²) in [4.78, 5) is 42.0. The molecule has 0 saturated heterocycles. The first-order valence-electron chi connectivity index (χ1n) is 12.7. The fraction of sp³-hybridized carbons (Fsp3) is 0.138. The summed E-state index contributed by atoms with van der Waals surface area (Å²) in [7, 11) is 1.27. The molecule has 0 spiro atoms. The number of carbonyl (C=O) groups is 3. The maximum atomic E-state index is 13.1. The van der Waals surface area contributed by atoms with Gasteiger partial charge in [-0.05, 0) is 60.5 Å². The Morgan fingerprint density at radius 2 is 2.02 bits per heavy atom. The van der Waals surface area contributed by atoms with Crippen molar-refractivity contribution in [3.05, 3.63) is 89.2 Å². The third kappa shape index (κ3) is 7.71. The molecule has 0 radical (unpaired) electrons. The molecule has 0 fully saturated rings. The number of rotatable bonds is 6. The van der Waals surface area contributed by atoms with E-state index in [-0.39, 0.29) is 18.2 Å². The zero-order chi connectivity index (χ0) is 30.1. The van der Waals surface area contributed by atoms with Gasteiger partial charge < -0.3 is 21.2 Å². The Hall–Kier alpha value is -5.20. The van der Waals surface area contributed by atoms with E-state index in [4.69, 9.17) is 23.3 Å². The normalized spacial score (nSPS) is 15.6. The van der Waals surface area contributed by atoms with Gasteiger partial charge >= 0.3 is 6.09 Å². The molecule has 1 atom stereocenters. The van der Waals surface area contributed by atoms with Gasteiger partial charge in [-0.2, -0.15) is 5.10 Å². The second-order valence-corrected chi connectivity index (χ2v) is 9.51. The van der Waals surface area contributed by atoms with Crippen LogP contribution in [0.25, 0.3) is 17.2 Å². The number of benzene rings is 2. The SMILES string of the molecule is COC(=O)Nc1ccc2c(c1)NC(=O)C/C=C/C[C@H](NC(=O)/C=C/c1cc(Cl)ccc1N(N)/C=N\N)c1cc-2ccn1. The lowest BCUT2D eigenvalue weighted by Crippen LogP contribution is -2.30. The topological polar surface area (TPSA) is 177 Å². The Labute approximate surface area is 247 Å². The number of halogens is 1. The fourth-order valence-corrected chi connectivity index (χ4v) is 4.42. The van der Waals surface area contributed by atoms with Crippen LogP contribution in [0.3, 0.4) is 0 Å². The maximum Gasteiger partial charge on any atom is 0.411 e. The van der Waals surface area contributed by atoms with Gasteiger partial charge in [0.1, 0.15) is 6.34 Å². The molecule has 216 valence electrons. The van der Waals surface area contributed by atoms with E-state index in [9.17, 15) is 14.4 Å². The van der Waals surface area contributed by atoms with E-state index in [2.05, 4.69) is 30.8 Å². The van der Waals surface area contributed by atoms with Crippen LogP contribution in [0.4, 0.5) is 21.9 Å². The fourth-order valence-electron chi connectivity index (χ4n) is 4.24. The minimum absolute atomic E-state index is 0.106. The Morgan fingerprint density at radius 1 is 1.19 bits per heavy atom. The lowest BCUT2D eigenvalue weighted by molar-refractivity contribution is -0.117. The number of fused-ring (bicyclic) bond motifs is 4. The second kappa shape index (κ2) is 13.9. The van der Waals surface area contributed by atoms with Gasteiger partial charge in [0.2, 0.25) is 11.8 Å². The van der Waals surface area contributed by atoms with E-state index in [0.29, 0.717) is 45.3 Å². The van der Waals surface area contributed by atoms with Crippen LogP contribution in [-0.4, -0.2) is 36.3 Å². The van der Waals surface area contributed by atoms with Crippen molar-refractivity contribution in [2.75, 3.05) is 22.8 Å². The van der Waals surface area contributed by atoms with Gasteiger partial charge in [-0.3, -0.25) is 24.9 Å². The monoisotopic (exact) mass is 588 g/mol. The number of carbonyl (C=O) groups excluding carboxylic acids is 3. The van der Waals surface area contributed by atoms with Gasteiger partial charge in [0.05, 0.1) is 30.2 Å². The van der Waals surface area contributed by atoms with Crippen molar-refractivity contribution >= 4 is 59.0 Å². The molecule has 12 nitrogen and oxygen atoms in total. The highest BCUT2D eigenvalue weighted by Gasteiger charge is 2.18. The molecule has 1 aliphatic rings. The first-order chi connectivity index (χ1) is 20.3. The van der Waals surface area contributed by atoms with Gasteiger partial charge in [-0.25, -0.2) is 10.6 Å². The van der Waals surface area contributed by atoms with Crippen LogP contribution in [-0.2, 0) is 14.3 Å². The van der Waals surface area contributed by atoms with Crippen molar-refractivity contribution in [1.82, 2.24) is 10.3 Å². The summed E-state index contributed by atoms with van der Waals surface area (Å²) in [5.74, 6) is 10.6. The molecular formula is C29H29ClN8O4. The van der Waals surface area contributed by atoms with E-state index >= 15 is 0 Å². The van der Waals surface area contributed by atoms with Crippen molar-refractivity contribution in [1.29, 1.82) is 0 Å². The molecule has 1 aliphatic heterocycles. The summed E-state index contributed by atoms with van der Waals surface area (Å²) in [6.07, 6.45) is 9.21. The molecule has 13 heteroatoms. The molecule has 0 saturated carbocycles. The second-order valence-electron chi connectivity index (χ2n) is 9.08. The first kappa shape index (κ1) is 29.8.